The van der Waals surface area contributed by atoms with Gasteiger partial charge in [-0.15, -0.1) is 0 Å². The summed E-state index contributed by atoms with van der Waals surface area (Å²) in [6, 6.07) is 12.5. The maximum absolute atomic E-state index is 13.4. The fraction of sp³-hybridized carbons (Fsp3) is 0.297. The van der Waals surface area contributed by atoms with Gasteiger partial charge in [0, 0.05) is 29.5 Å². The number of imidazole rings is 1. The zero-order valence-electron chi connectivity index (χ0n) is 28.8. The lowest BCUT2D eigenvalue weighted by Crippen LogP contribution is -2.31. The summed E-state index contributed by atoms with van der Waals surface area (Å²) in [5, 5.41) is 2.90. The van der Waals surface area contributed by atoms with Crippen molar-refractivity contribution in [2.24, 2.45) is 0 Å². The molecule has 2 N–H and O–H groups in total. The summed E-state index contributed by atoms with van der Waals surface area (Å²) in [4.78, 5) is 34.2. The van der Waals surface area contributed by atoms with Crippen molar-refractivity contribution < 1.29 is 44.3 Å². The van der Waals surface area contributed by atoms with Crippen LogP contribution in [0.5, 0.6) is 0 Å². The molecule has 0 radical (unpaired) electrons. The molecule has 5 rings (SSSR count). The van der Waals surface area contributed by atoms with Crippen molar-refractivity contribution in [2.75, 3.05) is 5.32 Å². The lowest BCUT2D eigenvalue weighted by atomic mass is 10.0. The number of amides is 2. The minimum absolute atomic E-state index is 0.116. The van der Waals surface area contributed by atoms with E-state index >= 15 is 0 Å². The number of carbonyl (C=O) groups excluding carboxylic acids is 2. The molecule has 5 aromatic rings. The predicted octanol–water partition coefficient (Wildman–Crippen LogP) is 8.69. The van der Waals surface area contributed by atoms with Gasteiger partial charge >= 0.3 is 12.4 Å². The van der Waals surface area contributed by atoms with E-state index in [1.54, 1.807) is 35.2 Å². The number of aryl methyl sites for hydroxylation is 2. The molecule has 0 bridgehead atoms. The van der Waals surface area contributed by atoms with Crippen LogP contribution in [-0.4, -0.2) is 34.8 Å². The molecule has 0 unspecified atom stereocenters. The molecule has 2 heterocycles. The highest BCUT2D eigenvalue weighted by Gasteiger charge is 2.38. The number of halogens is 6. The molecule has 3 aromatic carbocycles. The lowest BCUT2D eigenvalue weighted by Gasteiger charge is -2.15. The first-order chi connectivity index (χ1) is 24.9. The van der Waals surface area contributed by atoms with E-state index in [1.807, 2.05) is 18.4 Å². The highest BCUT2D eigenvalue weighted by atomic mass is 32.2. The van der Waals surface area contributed by atoms with Gasteiger partial charge in [-0.3, -0.25) is 9.59 Å². The summed E-state index contributed by atoms with van der Waals surface area (Å²) >= 11 is 0. The van der Waals surface area contributed by atoms with Crippen LogP contribution in [0.25, 0.3) is 22.3 Å². The number of aromatic nitrogens is 3. The fourth-order valence-electron chi connectivity index (χ4n) is 5.71. The van der Waals surface area contributed by atoms with Crippen molar-refractivity contribution >= 4 is 38.7 Å². The van der Waals surface area contributed by atoms with Crippen LogP contribution in [0.15, 0.2) is 77.8 Å². The van der Waals surface area contributed by atoms with Gasteiger partial charge in [0.1, 0.15) is 11.3 Å². The summed E-state index contributed by atoms with van der Waals surface area (Å²) < 4.78 is 111. The highest BCUT2D eigenvalue weighted by molar-refractivity contribution is 7.90. The third-order valence-corrected chi connectivity index (χ3v) is 9.85. The highest BCUT2D eigenvalue weighted by Crippen LogP contribution is 2.37. The van der Waals surface area contributed by atoms with E-state index in [2.05, 4.69) is 17.2 Å². The van der Waals surface area contributed by atoms with Gasteiger partial charge in [0.25, 0.3) is 15.9 Å². The number of hydrogen-bond donors (Lipinski definition) is 2. The van der Waals surface area contributed by atoms with Crippen molar-refractivity contribution in [1.29, 1.82) is 0 Å². The number of unbranched alkanes of at least 4 members (excludes halogenated alkanes) is 1. The van der Waals surface area contributed by atoms with Gasteiger partial charge < -0.3 is 9.88 Å². The van der Waals surface area contributed by atoms with Gasteiger partial charge in [0.15, 0.2) is 5.65 Å². The molecule has 0 aliphatic rings. The number of nitrogens with one attached hydrogen (secondary N) is 2. The zero-order valence-corrected chi connectivity index (χ0v) is 29.6. The number of fused-ring (bicyclic) bond motifs is 1. The number of hydrogen-bond acceptors (Lipinski definition) is 6. The summed E-state index contributed by atoms with van der Waals surface area (Å²) in [5.74, 6) is -0.985. The normalized spacial score (nSPS) is 12.2. The van der Waals surface area contributed by atoms with Crippen LogP contribution in [0.1, 0.15) is 78.0 Å². The van der Waals surface area contributed by atoms with Crippen molar-refractivity contribution in [1.82, 2.24) is 19.3 Å². The molecule has 0 aliphatic carbocycles. The Morgan fingerprint density at radius 3 is 2.11 bits per heavy atom. The monoisotopic (exact) mass is 759 g/mol. The van der Waals surface area contributed by atoms with Gasteiger partial charge in [0.2, 0.25) is 5.91 Å². The topological polar surface area (TPSA) is 123 Å². The second-order valence-electron chi connectivity index (χ2n) is 12.4. The third-order valence-electron chi connectivity index (χ3n) is 8.46. The minimum Gasteiger partial charge on any atom is -0.324 e. The Labute approximate surface area is 301 Å². The molecule has 0 fully saturated rings. The maximum atomic E-state index is 13.4. The molecule has 0 saturated heterocycles. The molecule has 280 valence electrons. The maximum Gasteiger partial charge on any atom is 0.416 e. The van der Waals surface area contributed by atoms with Gasteiger partial charge in [0.05, 0.1) is 34.5 Å². The quantitative estimate of drug-likeness (QED) is 0.123. The van der Waals surface area contributed by atoms with Crippen LogP contribution in [0.4, 0.5) is 32.0 Å². The molecule has 2 amide bonds. The molecule has 0 spiro atoms. The van der Waals surface area contributed by atoms with Crippen LogP contribution in [0.3, 0.4) is 0 Å². The standard InChI is InChI=1S/C37H35F6N5O4S/c1-4-6-12-31-46-33-22(3)29(45-32(49)9-5-2)20-44-34(33)48(31)21-23-13-15-24(16-14-23)28-10-7-8-11-30(28)53(51,52)47-35(50)25-17-26(36(38,39)40)19-27(18-25)37(41,42)43/h7-8,10-11,13-20H,4-6,9,12,21H2,1-3H3,(H,45,49)(H,47,50). The number of alkyl halides is 6. The van der Waals surface area contributed by atoms with Crippen LogP contribution < -0.4 is 10.0 Å². The first kappa shape index (κ1) is 39.0. The molecule has 53 heavy (non-hydrogen) atoms. The first-order valence-electron chi connectivity index (χ1n) is 16.6. The summed E-state index contributed by atoms with van der Waals surface area (Å²) in [6.07, 6.45) is -5.30. The second-order valence-corrected chi connectivity index (χ2v) is 14.1. The fourth-order valence-corrected chi connectivity index (χ4v) is 6.92. The molecule has 0 aliphatic heterocycles. The average Bonchev–Trinajstić information content (AvgIpc) is 3.45. The summed E-state index contributed by atoms with van der Waals surface area (Å²) in [7, 11) is -4.80. The van der Waals surface area contributed by atoms with E-state index in [0.717, 1.165) is 35.9 Å². The SMILES string of the molecule is CCCCc1nc2c(C)c(NC(=O)CCC)cnc2n1Cc1ccc(-c2ccccc2S(=O)(=O)NC(=O)c2cc(C(F)(F)F)cc(C(F)(F)F)c2)cc1. The van der Waals surface area contributed by atoms with Gasteiger partial charge in [-0.05, 0) is 55.2 Å². The second kappa shape index (κ2) is 15.4. The van der Waals surface area contributed by atoms with E-state index in [-0.39, 0.29) is 29.7 Å². The number of rotatable bonds is 12. The molecule has 0 saturated carbocycles. The molecule has 0 atom stereocenters. The predicted molar refractivity (Wildman–Crippen MR) is 186 cm³/mol. The summed E-state index contributed by atoms with van der Waals surface area (Å²) in [5.41, 5.74) is -0.664. The Balaban J connectivity index is 1.43. The number of anilines is 1. The number of sulfonamides is 1. The number of pyridine rings is 1. The Morgan fingerprint density at radius 1 is 0.868 bits per heavy atom. The molecular weight excluding hydrogens is 724 g/mol. The Kier molecular flexibility index (Phi) is 11.3. The minimum atomic E-state index is -5.23. The van der Waals surface area contributed by atoms with Crippen LogP contribution in [-0.2, 0) is 40.1 Å². The van der Waals surface area contributed by atoms with Crippen molar-refractivity contribution in [3.8, 4) is 11.1 Å². The third kappa shape index (κ3) is 8.87. The van der Waals surface area contributed by atoms with E-state index in [4.69, 9.17) is 4.98 Å². The zero-order chi connectivity index (χ0) is 38.7. The van der Waals surface area contributed by atoms with Crippen molar-refractivity contribution in [2.45, 2.75) is 76.7 Å². The van der Waals surface area contributed by atoms with E-state index in [9.17, 15) is 44.3 Å². The number of nitrogens with zero attached hydrogens (tertiary/aromatic N) is 3. The van der Waals surface area contributed by atoms with E-state index in [1.165, 1.54) is 18.2 Å². The number of benzene rings is 3. The first-order valence-corrected chi connectivity index (χ1v) is 18.1. The van der Waals surface area contributed by atoms with Crippen molar-refractivity contribution in [3.63, 3.8) is 0 Å². The van der Waals surface area contributed by atoms with E-state index < -0.39 is 49.9 Å². The lowest BCUT2D eigenvalue weighted by molar-refractivity contribution is -0.143. The number of carbonyl (C=O) groups is 2. The molecule has 9 nitrogen and oxygen atoms in total. The van der Waals surface area contributed by atoms with Gasteiger partial charge in [-0.25, -0.2) is 23.1 Å². The molecule has 2 aromatic heterocycles. The van der Waals surface area contributed by atoms with Crippen molar-refractivity contribution in [3.05, 3.63) is 107 Å². The summed E-state index contributed by atoms with van der Waals surface area (Å²) in [6.45, 7) is 6.21. The Bertz CT molecular complexity index is 2230. The Morgan fingerprint density at radius 2 is 1.51 bits per heavy atom. The van der Waals surface area contributed by atoms with Crippen LogP contribution >= 0.6 is 0 Å². The average molecular weight is 760 g/mol. The van der Waals surface area contributed by atoms with Gasteiger partial charge in [-0.1, -0.05) is 62.7 Å². The Hall–Kier alpha value is -5.25. The molecule has 16 heteroatoms. The molecular formula is C37H35F6N5O4S. The smallest absolute Gasteiger partial charge is 0.324 e. The van der Waals surface area contributed by atoms with Gasteiger partial charge in [-0.2, -0.15) is 26.3 Å². The van der Waals surface area contributed by atoms with Crippen LogP contribution in [0, 0.1) is 6.92 Å². The van der Waals surface area contributed by atoms with E-state index in [0.29, 0.717) is 48.2 Å². The van der Waals surface area contributed by atoms with Crippen LogP contribution in [0.2, 0.25) is 0 Å². The largest absolute Gasteiger partial charge is 0.416 e.